The maximum atomic E-state index is 13.3. The molecule has 0 aliphatic carbocycles. The van der Waals surface area contributed by atoms with Gasteiger partial charge in [0.15, 0.2) is 6.04 Å². The lowest BCUT2D eigenvalue weighted by Gasteiger charge is -2.17. The van der Waals surface area contributed by atoms with E-state index >= 15 is 0 Å². The average Bonchev–Trinajstić information content (AvgIpc) is 2.55. The molecule has 1 N–H and O–H groups in total. The van der Waals surface area contributed by atoms with E-state index in [0.29, 0.717) is 11.1 Å². The van der Waals surface area contributed by atoms with Crippen molar-refractivity contribution in [2.75, 3.05) is 7.11 Å². The topological polar surface area (TPSA) is 55.4 Å². The average molecular weight is 301 g/mol. The number of ether oxygens (including phenoxy) is 1. The maximum Gasteiger partial charge on any atom is 0.333 e. The van der Waals surface area contributed by atoms with E-state index in [2.05, 4.69) is 5.32 Å². The van der Waals surface area contributed by atoms with Crippen LogP contribution in [0, 0.1) is 12.7 Å². The third-order valence-corrected chi connectivity index (χ3v) is 3.27. The summed E-state index contributed by atoms with van der Waals surface area (Å²) in [7, 11) is 1.26. The number of amides is 1. The fraction of sp³-hybridized carbons (Fsp3) is 0.176. The van der Waals surface area contributed by atoms with Gasteiger partial charge < -0.3 is 10.1 Å². The van der Waals surface area contributed by atoms with E-state index in [0.717, 1.165) is 0 Å². The van der Waals surface area contributed by atoms with Crippen molar-refractivity contribution in [1.29, 1.82) is 0 Å². The van der Waals surface area contributed by atoms with E-state index in [1.165, 1.54) is 25.3 Å². The molecule has 22 heavy (non-hydrogen) atoms. The Kier molecular flexibility index (Phi) is 4.88. The number of carbonyl (C=O) groups is 2. The van der Waals surface area contributed by atoms with Crippen molar-refractivity contribution in [3.05, 3.63) is 71.0 Å². The summed E-state index contributed by atoms with van der Waals surface area (Å²) >= 11 is 0. The molecule has 0 aliphatic heterocycles. The molecule has 0 heterocycles. The molecule has 0 aliphatic rings. The molecule has 0 saturated carbocycles. The first-order valence-electron chi connectivity index (χ1n) is 6.72. The van der Waals surface area contributed by atoms with Crippen LogP contribution in [0.3, 0.4) is 0 Å². The van der Waals surface area contributed by atoms with Gasteiger partial charge in [-0.05, 0) is 36.2 Å². The molecule has 2 aromatic carbocycles. The van der Waals surface area contributed by atoms with Crippen LogP contribution in [0.25, 0.3) is 0 Å². The van der Waals surface area contributed by atoms with Crippen molar-refractivity contribution in [3.8, 4) is 0 Å². The van der Waals surface area contributed by atoms with Crippen LogP contribution in [0.4, 0.5) is 4.39 Å². The van der Waals surface area contributed by atoms with Crippen molar-refractivity contribution < 1.29 is 18.7 Å². The molecule has 114 valence electrons. The van der Waals surface area contributed by atoms with Gasteiger partial charge in [0.25, 0.3) is 5.91 Å². The third kappa shape index (κ3) is 3.49. The number of hydrogen-bond donors (Lipinski definition) is 1. The zero-order chi connectivity index (χ0) is 16.1. The molecule has 0 fully saturated rings. The molecular formula is C17H16FNO3. The van der Waals surface area contributed by atoms with Crippen molar-refractivity contribution in [2.45, 2.75) is 13.0 Å². The summed E-state index contributed by atoms with van der Waals surface area (Å²) in [6, 6.07) is 11.9. The Morgan fingerprint density at radius 1 is 1.14 bits per heavy atom. The lowest BCUT2D eigenvalue weighted by molar-refractivity contribution is -0.143. The van der Waals surface area contributed by atoms with Crippen LogP contribution in [-0.2, 0) is 9.53 Å². The summed E-state index contributed by atoms with van der Waals surface area (Å²) in [5.41, 5.74) is 1.26. The smallest absolute Gasteiger partial charge is 0.333 e. The second kappa shape index (κ2) is 6.85. The highest BCUT2D eigenvalue weighted by Gasteiger charge is 2.24. The molecule has 0 radical (unpaired) electrons. The highest BCUT2D eigenvalue weighted by molar-refractivity contribution is 5.97. The number of rotatable bonds is 4. The fourth-order valence-electron chi connectivity index (χ4n) is 2.04. The van der Waals surface area contributed by atoms with Crippen molar-refractivity contribution in [2.24, 2.45) is 0 Å². The zero-order valence-corrected chi connectivity index (χ0v) is 12.3. The molecule has 0 bridgehead atoms. The number of aryl methyl sites for hydroxylation is 1. The predicted molar refractivity (Wildman–Crippen MR) is 79.8 cm³/mol. The van der Waals surface area contributed by atoms with Crippen molar-refractivity contribution in [3.63, 3.8) is 0 Å². The van der Waals surface area contributed by atoms with E-state index in [9.17, 15) is 14.0 Å². The van der Waals surface area contributed by atoms with E-state index in [4.69, 9.17) is 4.74 Å². The zero-order valence-electron chi connectivity index (χ0n) is 12.3. The Morgan fingerprint density at radius 3 is 2.41 bits per heavy atom. The maximum absolute atomic E-state index is 13.3. The number of halogens is 1. The number of nitrogens with one attached hydrogen (secondary N) is 1. The quantitative estimate of drug-likeness (QED) is 0.884. The molecule has 4 nitrogen and oxygen atoms in total. The molecule has 2 rings (SSSR count). The number of hydrogen-bond acceptors (Lipinski definition) is 3. The monoisotopic (exact) mass is 301 g/mol. The van der Waals surface area contributed by atoms with Crippen LogP contribution in [0.15, 0.2) is 48.5 Å². The Morgan fingerprint density at radius 2 is 1.82 bits per heavy atom. The number of carbonyl (C=O) groups excluding carboxylic acids is 2. The van der Waals surface area contributed by atoms with Crippen LogP contribution >= 0.6 is 0 Å². The highest BCUT2D eigenvalue weighted by Crippen LogP contribution is 2.16. The fourth-order valence-corrected chi connectivity index (χ4v) is 2.04. The Balaban J connectivity index is 2.25. The van der Waals surface area contributed by atoms with Crippen molar-refractivity contribution >= 4 is 11.9 Å². The molecule has 5 heteroatoms. The summed E-state index contributed by atoms with van der Waals surface area (Å²) in [6.07, 6.45) is 0. The van der Waals surface area contributed by atoms with Gasteiger partial charge in [0.1, 0.15) is 5.82 Å². The summed E-state index contributed by atoms with van der Waals surface area (Å²) < 4.78 is 18.0. The Bertz CT molecular complexity index is 686. The van der Waals surface area contributed by atoms with Gasteiger partial charge >= 0.3 is 5.97 Å². The molecular weight excluding hydrogens is 285 g/mol. The highest BCUT2D eigenvalue weighted by atomic mass is 19.1. The first kappa shape index (κ1) is 15.7. The van der Waals surface area contributed by atoms with Gasteiger partial charge in [-0.2, -0.15) is 0 Å². The van der Waals surface area contributed by atoms with Crippen molar-refractivity contribution in [1.82, 2.24) is 5.32 Å². The van der Waals surface area contributed by atoms with Gasteiger partial charge in [-0.3, -0.25) is 4.79 Å². The largest absolute Gasteiger partial charge is 0.467 e. The van der Waals surface area contributed by atoms with Gasteiger partial charge in [0, 0.05) is 5.56 Å². The summed E-state index contributed by atoms with van der Waals surface area (Å²) in [6.45, 7) is 1.57. The molecule has 1 amide bonds. The van der Waals surface area contributed by atoms with Crippen LogP contribution in [-0.4, -0.2) is 19.0 Å². The van der Waals surface area contributed by atoms with Gasteiger partial charge in [-0.25, -0.2) is 9.18 Å². The molecule has 0 aromatic heterocycles. The minimum absolute atomic E-state index is 0.281. The lowest BCUT2D eigenvalue weighted by atomic mass is 10.1. The normalized spacial score (nSPS) is 11.6. The summed E-state index contributed by atoms with van der Waals surface area (Å²) in [5, 5.41) is 2.61. The third-order valence-electron chi connectivity index (χ3n) is 3.27. The van der Waals surface area contributed by atoms with Gasteiger partial charge in [-0.1, -0.05) is 30.3 Å². The lowest BCUT2D eigenvalue weighted by Crippen LogP contribution is -2.34. The minimum Gasteiger partial charge on any atom is -0.467 e. The van der Waals surface area contributed by atoms with Gasteiger partial charge in [-0.15, -0.1) is 0 Å². The van der Waals surface area contributed by atoms with Gasteiger partial charge in [0.2, 0.25) is 0 Å². The Hall–Kier alpha value is -2.69. The summed E-state index contributed by atoms with van der Waals surface area (Å²) in [5.74, 6) is -1.43. The van der Waals surface area contributed by atoms with E-state index in [1.807, 2.05) is 6.07 Å². The van der Waals surface area contributed by atoms with E-state index < -0.39 is 17.9 Å². The van der Waals surface area contributed by atoms with Gasteiger partial charge in [0.05, 0.1) is 7.11 Å². The second-order valence-electron chi connectivity index (χ2n) is 4.80. The van der Waals surface area contributed by atoms with E-state index in [1.54, 1.807) is 31.2 Å². The molecule has 2 aromatic rings. The molecule has 0 spiro atoms. The Labute approximate surface area is 127 Å². The van der Waals surface area contributed by atoms with Crippen LogP contribution in [0.2, 0.25) is 0 Å². The second-order valence-corrected chi connectivity index (χ2v) is 4.80. The number of esters is 1. The van der Waals surface area contributed by atoms with Crippen LogP contribution in [0.1, 0.15) is 27.5 Å². The standard InChI is InChI=1S/C17H16FNO3/c1-11-10-13(8-9-14(11)18)16(20)19-15(17(21)22-2)12-6-4-3-5-7-12/h3-10,15H,1-2H3,(H,19,20). The number of methoxy groups -OCH3 is 1. The molecule has 1 atom stereocenters. The van der Waals surface area contributed by atoms with Crippen LogP contribution < -0.4 is 5.32 Å². The molecule has 1 unspecified atom stereocenters. The first-order valence-corrected chi connectivity index (χ1v) is 6.72. The van der Waals surface area contributed by atoms with E-state index in [-0.39, 0.29) is 11.4 Å². The number of benzene rings is 2. The molecule has 0 saturated heterocycles. The minimum atomic E-state index is -0.913. The SMILES string of the molecule is COC(=O)C(NC(=O)c1ccc(F)c(C)c1)c1ccccc1. The summed E-state index contributed by atoms with van der Waals surface area (Å²) in [4.78, 5) is 24.2. The van der Waals surface area contributed by atoms with Crippen LogP contribution in [0.5, 0.6) is 0 Å². The first-order chi connectivity index (χ1) is 10.5. The predicted octanol–water partition coefficient (Wildman–Crippen LogP) is 2.78.